The van der Waals surface area contributed by atoms with Crippen LogP contribution in [0.1, 0.15) is 35.7 Å². The molecule has 0 spiro atoms. The maximum atomic E-state index is 14.8. The third kappa shape index (κ3) is 4.86. The fourth-order valence-electron chi connectivity index (χ4n) is 4.40. The molecular weight excluding hydrogens is 432 g/mol. The van der Waals surface area contributed by atoms with Crippen LogP contribution in [0.2, 0.25) is 0 Å². The van der Waals surface area contributed by atoms with Gasteiger partial charge in [-0.1, -0.05) is 60.7 Å². The minimum absolute atomic E-state index is 0.0119. The van der Waals surface area contributed by atoms with Crippen molar-refractivity contribution in [2.75, 3.05) is 6.61 Å². The quantitative estimate of drug-likeness (QED) is 0.361. The van der Waals surface area contributed by atoms with Gasteiger partial charge in [0.05, 0.1) is 12.7 Å². The number of hydrogen-bond donors (Lipinski definition) is 1. The van der Waals surface area contributed by atoms with Crippen LogP contribution in [0.5, 0.6) is 0 Å². The lowest BCUT2D eigenvalue weighted by molar-refractivity contribution is -0.227. The number of halogens is 4. The Morgan fingerprint density at radius 3 is 2.42 bits per heavy atom. The molecule has 1 saturated heterocycles. The van der Waals surface area contributed by atoms with E-state index in [4.69, 9.17) is 17.0 Å². The van der Waals surface area contributed by atoms with E-state index in [9.17, 15) is 27.5 Å². The third-order valence-corrected chi connectivity index (χ3v) is 6.09. The Kier molecular flexibility index (Phi) is 6.93. The Morgan fingerprint density at radius 2 is 1.81 bits per heavy atom. The van der Waals surface area contributed by atoms with E-state index in [2.05, 4.69) is 0 Å². The summed E-state index contributed by atoms with van der Waals surface area (Å²) in [5.74, 6) is -2.49. The zero-order valence-electron chi connectivity index (χ0n) is 16.7. The van der Waals surface area contributed by atoms with Crippen molar-refractivity contribution < 1.29 is 32.2 Å². The van der Waals surface area contributed by atoms with E-state index in [0.717, 1.165) is 6.07 Å². The molecule has 31 heavy (non-hydrogen) atoms. The fraction of sp³-hybridized carbons (Fsp3) is 0.391. The average molecular weight is 454 g/mol. The van der Waals surface area contributed by atoms with E-state index in [1.807, 2.05) is 0 Å². The first-order valence-electron chi connectivity index (χ1n) is 9.77. The normalized spacial score (nSPS) is 24.7. The van der Waals surface area contributed by atoms with Gasteiger partial charge in [-0.05, 0) is 25.0 Å². The summed E-state index contributed by atoms with van der Waals surface area (Å²) in [6, 6.07) is 13.9. The maximum absolute atomic E-state index is 14.8. The number of carbonyl (C=O) groups is 1. The van der Waals surface area contributed by atoms with Gasteiger partial charge in [0.1, 0.15) is 5.82 Å². The van der Waals surface area contributed by atoms with Gasteiger partial charge in [-0.2, -0.15) is 13.2 Å². The van der Waals surface area contributed by atoms with Crippen LogP contribution in [0.4, 0.5) is 17.6 Å². The molecule has 1 heterocycles. The molecule has 1 N–H and O–H groups in total. The summed E-state index contributed by atoms with van der Waals surface area (Å²) in [5, 5.41) is 10.2. The smallest absolute Gasteiger partial charge is 0.383 e. The highest BCUT2D eigenvalue weighted by Crippen LogP contribution is 2.50. The van der Waals surface area contributed by atoms with Crippen molar-refractivity contribution in [3.8, 4) is 0 Å². The summed E-state index contributed by atoms with van der Waals surface area (Å²) < 4.78 is 60.9. The number of ketones is 1. The van der Waals surface area contributed by atoms with Crippen LogP contribution >= 0.6 is 12.2 Å². The molecule has 3 nitrogen and oxygen atoms in total. The van der Waals surface area contributed by atoms with Crippen LogP contribution < -0.4 is 0 Å². The van der Waals surface area contributed by atoms with Gasteiger partial charge in [-0.25, -0.2) is 4.39 Å². The van der Waals surface area contributed by atoms with E-state index in [-0.39, 0.29) is 35.7 Å². The number of rotatable bonds is 7. The van der Waals surface area contributed by atoms with Gasteiger partial charge in [-0.3, -0.25) is 4.79 Å². The van der Waals surface area contributed by atoms with Gasteiger partial charge in [0.25, 0.3) is 0 Å². The molecule has 1 aliphatic heterocycles. The van der Waals surface area contributed by atoms with Crippen LogP contribution in [-0.2, 0) is 10.2 Å². The number of alkyl halides is 3. The number of benzene rings is 2. The molecule has 0 radical (unpaired) electrons. The van der Waals surface area contributed by atoms with Crippen molar-refractivity contribution in [2.24, 2.45) is 5.92 Å². The fourth-order valence-corrected chi connectivity index (χ4v) is 4.79. The lowest BCUT2D eigenvalue weighted by Crippen LogP contribution is -2.50. The minimum atomic E-state index is -4.93. The highest BCUT2D eigenvalue weighted by atomic mass is 32.1. The van der Waals surface area contributed by atoms with Crippen molar-refractivity contribution >= 4 is 22.9 Å². The Balaban J connectivity index is 1.98. The number of Topliss-reactive ketones (excluding diaryl/α,β-unsaturated/α-hetero) is 1. The lowest BCUT2D eigenvalue weighted by atomic mass is 9.65. The molecule has 2 unspecified atom stereocenters. The largest absolute Gasteiger partial charge is 0.414 e. The predicted molar refractivity (Wildman–Crippen MR) is 112 cm³/mol. The summed E-state index contributed by atoms with van der Waals surface area (Å²) in [7, 11) is 0. The SMILES string of the molecule is C[C@H]1OCC(CC(=S)CC(=O)c2ccccc2)(c2ccccc2F)[C@@H]1C(O)C(F)(F)F. The van der Waals surface area contributed by atoms with Gasteiger partial charge in [0, 0.05) is 28.2 Å². The highest BCUT2D eigenvalue weighted by molar-refractivity contribution is 7.80. The van der Waals surface area contributed by atoms with Crippen molar-refractivity contribution in [2.45, 2.75) is 43.6 Å². The minimum Gasteiger partial charge on any atom is -0.383 e. The second kappa shape index (κ2) is 9.14. The molecule has 0 bridgehead atoms. The number of hydrogen-bond acceptors (Lipinski definition) is 4. The summed E-state index contributed by atoms with van der Waals surface area (Å²) in [6.07, 6.45) is -9.05. The van der Waals surface area contributed by atoms with Gasteiger partial charge < -0.3 is 9.84 Å². The van der Waals surface area contributed by atoms with Crippen LogP contribution in [0.25, 0.3) is 0 Å². The molecule has 2 aromatic rings. The van der Waals surface area contributed by atoms with Crippen LogP contribution in [0.3, 0.4) is 0 Å². The highest BCUT2D eigenvalue weighted by Gasteiger charge is 2.59. The second-order valence-corrected chi connectivity index (χ2v) is 8.42. The number of ether oxygens (including phenoxy) is 1. The first-order chi connectivity index (χ1) is 14.6. The van der Waals surface area contributed by atoms with E-state index in [1.54, 1.807) is 30.3 Å². The van der Waals surface area contributed by atoms with E-state index < -0.39 is 35.5 Å². The Hall–Kier alpha value is -2.16. The Bertz CT molecular complexity index is 947. The third-order valence-electron chi connectivity index (χ3n) is 5.80. The molecule has 4 atom stereocenters. The van der Waals surface area contributed by atoms with Crippen molar-refractivity contribution in [3.63, 3.8) is 0 Å². The average Bonchev–Trinajstić information content (AvgIpc) is 3.04. The Morgan fingerprint density at radius 1 is 1.19 bits per heavy atom. The molecule has 8 heteroatoms. The molecule has 0 saturated carbocycles. The molecule has 166 valence electrons. The van der Waals surface area contributed by atoms with E-state index >= 15 is 0 Å². The van der Waals surface area contributed by atoms with Crippen molar-refractivity contribution in [1.82, 2.24) is 0 Å². The monoisotopic (exact) mass is 454 g/mol. The second-order valence-electron chi connectivity index (χ2n) is 7.85. The van der Waals surface area contributed by atoms with Crippen molar-refractivity contribution in [1.29, 1.82) is 0 Å². The van der Waals surface area contributed by atoms with Crippen LogP contribution in [0, 0.1) is 11.7 Å². The molecule has 1 fully saturated rings. The number of aliphatic hydroxyl groups is 1. The zero-order valence-corrected chi connectivity index (χ0v) is 17.5. The lowest BCUT2D eigenvalue weighted by Gasteiger charge is -2.39. The summed E-state index contributed by atoms with van der Waals surface area (Å²) >= 11 is 5.39. The molecular formula is C23H22F4O3S. The number of carbonyl (C=O) groups excluding carboxylic acids is 1. The zero-order chi connectivity index (χ0) is 22.8. The summed E-state index contributed by atoms with van der Waals surface area (Å²) in [4.78, 5) is 12.7. The molecule has 1 aliphatic rings. The van der Waals surface area contributed by atoms with Gasteiger partial charge in [0.2, 0.25) is 0 Å². The van der Waals surface area contributed by atoms with E-state index in [1.165, 1.54) is 25.1 Å². The van der Waals surface area contributed by atoms with Gasteiger partial charge >= 0.3 is 6.18 Å². The number of thiocarbonyl (C=S) groups is 1. The first kappa shape index (κ1) is 23.5. The molecule has 0 aromatic heterocycles. The standard InChI is InChI=1S/C23H22F4O3S/c1-14-20(21(29)23(25,26)27)22(13-30-14,17-9-5-6-10-18(17)24)12-16(31)11-19(28)15-7-3-2-4-8-15/h2-10,14,20-21,29H,11-13H2,1H3/t14-,20+,21?,22?/m1/s1. The predicted octanol–water partition coefficient (Wildman–Crippen LogP) is 5.05. The Labute approximate surface area is 183 Å². The maximum Gasteiger partial charge on any atom is 0.414 e. The molecule has 0 aliphatic carbocycles. The molecule has 3 rings (SSSR count). The van der Waals surface area contributed by atoms with E-state index in [0.29, 0.717) is 5.56 Å². The van der Waals surface area contributed by atoms with Gasteiger partial charge in [0.15, 0.2) is 11.9 Å². The molecule has 0 amide bonds. The summed E-state index contributed by atoms with van der Waals surface area (Å²) in [6.45, 7) is 1.16. The van der Waals surface area contributed by atoms with Gasteiger partial charge in [-0.15, -0.1) is 0 Å². The van der Waals surface area contributed by atoms with Crippen LogP contribution in [-0.4, -0.2) is 40.7 Å². The van der Waals surface area contributed by atoms with Crippen molar-refractivity contribution in [3.05, 3.63) is 71.5 Å². The summed E-state index contributed by atoms with van der Waals surface area (Å²) in [5.41, 5.74) is -1.15. The first-order valence-corrected chi connectivity index (χ1v) is 10.2. The molecule has 2 aromatic carbocycles. The number of aliphatic hydroxyl groups excluding tert-OH is 1. The van der Waals surface area contributed by atoms with Crippen LogP contribution in [0.15, 0.2) is 54.6 Å². The topological polar surface area (TPSA) is 46.5 Å².